The molecule has 0 aromatic heterocycles. The number of hydrogen-bond donors (Lipinski definition) is 0. The topological polar surface area (TPSA) is 26.3 Å². The van der Waals surface area contributed by atoms with Gasteiger partial charge >= 0.3 is 5.97 Å². The molecule has 2 rings (SSSR count). The first-order chi connectivity index (χ1) is 12.9. The minimum atomic E-state index is -1.08. The number of carbonyl (C=O) groups excluding carboxylic acids is 1. The van der Waals surface area contributed by atoms with Crippen molar-refractivity contribution in [3.8, 4) is 0 Å². The average molecular weight is 379 g/mol. The van der Waals surface area contributed by atoms with Gasteiger partial charge in [-0.05, 0) is 30.0 Å². The van der Waals surface area contributed by atoms with E-state index in [0.717, 1.165) is 23.1 Å². The molecule has 27 heavy (non-hydrogen) atoms. The molecule has 0 saturated carbocycles. The van der Waals surface area contributed by atoms with E-state index >= 15 is 0 Å². The first kappa shape index (κ1) is 20.9. The fraction of sp³-hybridized carbons (Fsp3) is 0.292. The molecule has 3 heteroatoms. The molecule has 2 aromatic carbocycles. The number of benzene rings is 2. The van der Waals surface area contributed by atoms with E-state index in [2.05, 4.69) is 43.9 Å². The predicted octanol–water partition coefficient (Wildman–Crippen LogP) is 6.34. The highest BCUT2D eigenvalue weighted by molar-refractivity contribution is 6.76. The lowest BCUT2D eigenvalue weighted by Crippen LogP contribution is -2.20. The van der Waals surface area contributed by atoms with Gasteiger partial charge in [-0.3, -0.25) is 0 Å². The van der Waals surface area contributed by atoms with Gasteiger partial charge in [0.2, 0.25) is 0 Å². The van der Waals surface area contributed by atoms with Gasteiger partial charge < -0.3 is 4.74 Å². The number of rotatable bonds is 8. The van der Waals surface area contributed by atoms with E-state index < -0.39 is 8.07 Å². The summed E-state index contributed by atoms with van der Waals surface area (Å²) in [5.74, 6) is -0.234. The summed E-state index contributed by atoms with van der Waals surface area (Å²) >= 11 is 0. The van der Waals surface area contributed by atoms with E-state index in [1.54, 1.807) is 0 Å². The van der Waals surface area contributed by atoms with Crippen LogP contribution in [0.3, 0.4) is 0 Å². The number of carbonyl (C=O) groups is 1. The number of allylic oxidation sites excluding steroid dienone is 2. The summed E-state index contributed by atoms with van der Waals surface area (Å²) < 4.78 is 5.43. The molecule has 2 aromatic rings. The van der Waals surface area contributed by atoms with E-state index in [1.165, 1.54) is 6.04 Å². The first-order valence-corrected chi connectivity index (χ1v) is 13.2. The van der Waals surface area contributed by atoms with Crippen molar-refractivity contribution in [2.45, 2.75) is 39.0 Å². The van der Waals surface area contributed by atoms with Crippen LogP contribution in [0.4, 0.5) is 0 Å². The Morgan fingerprint density at radius 2 is 1.41 bits per heavy atom. The minimum absolute atomic E-state index is 0.234. The Morgan fingerprint density at radius 3 is 1.89 bits per heavy atom. The smallest absolute Gasteiger partial charge is 0.333 e. The van der Waals surface area contributed by atoms with E-state index in [-0.39, 0.29) is 5.97 Å². The Labute approximate surface area is 164 Å². The van der Waals surface area contributed by atoms with Crippen LogP contribution in [0.1, 0.15) is 24.5 Å². The largest absolute Gasteiger partial charge is 0.462 e. The van der Waals surface area contributed by atoms with Gasteiger partial charge in [-0.2, -0.15) is 0 Å². The molecule has 0 aliphatic carbocycles. The lowest BCUT2D eigenvalue weighted by atomic mass is 9.97. The number of hydrogen-bond acceptors (Lipinski definition) is 2. The third-order valence-corrected chi connectivity index (χ3v) is 6.15. The van der Waals surface area contributed by atoms with Gasteiger partial charge in [-0.1, -0.05) is 98.5 Å². The molecular formula is C24H30O2Si. The SMILES string of the molecule is C/C(=C/C=C(c1ccccc1)c1ccccc1)C(=O)OCCC[Si](C)(C)C. The van der Waals surface area contributed by atoms with Crippen molar-refractivity contribution in [2.24, 2.45) is 0 Å². The van der Waals surface area contributed by atoms with Gasteiger partial charge in [0.15, 0.2) is 0 Å². The fourth-order valence-electron chi connectivity index (χ4n) is 2.75. The molecule has 0 atom stereocenters. The third kappa shape index (κ3) is 7.39. The molecule has 0 aliphatic rings. The van der Waals surface area contributed by atoms with Gasteiger partial charge in [0.25, 0.3) is 0 Å². The summed E-state index contributed by atoms with van der Waals surface area (Å²) in [6, 6.07) is 21.6. The molecule has 0 saturated heterocycles. The van der Waals surface area contributed by atoms with Crippen LogP contribution in [-0.4, -0.2) is 20.7 Å². The lowest BCUT2D eigenvalue weighted by Gasteiger charge is -2.15. The zero-order chi connectivity index (χ0) is 19.7. The van der Waals surface area contributed by atoms with E-state index in [0.29, 0.717) is 12.2 Å². The molecule has 0 aliphatic heterocycles. The second-order valence-corrected chi connectivity index (χ2v) is 13.6. The zero-order valence-electron chi connectivity index (χ0n) is 16.9. The summed E-state index contributed by atoms with van der Waals surface area (Å²) in [4.78, 5) is 12.2. The quantitative estimate of drug-likeness (QED) is 0.176. The highest BCUT2D eigenvalue weighted by atomic mass is 28.3. The summed E-state index contributed by atoms with van der Waals surface area (Å²) in [6.07, 6.45) is 4.81. The summed E-state index contributed by atoms with van der Waals surface area (Å²) in [6.45, 7) is 9.31. The molecule has 0 heterocycles. The third-order valence-electron chi connectivity index (χ3n) is 4.30. The summed E-state index contributed by atoms with van der Waals surface area (Å²) in [7, 11) is -1.08. The summed E-state index contributed by atoms with van der Waals surface area (Å²) in [5.41, 5.74) is 3.95. The van der Waals surface area contributed by atoms with Crippen molar-refractivity contribution in [3.05, 3.63) is 89.5 Å². The summed E-state index contributed by atoms with van der Waals surface area (Å²) in [5, 5.41) is 0. The Morgan fingerprint density at radius 1 is 0.889 bits per heavy atom. The van der Waals surface area contributed by atoms with Crippen LogP contribution in [0.5, 0.6) is 0 Å². The van der Waals surface area contributed by atoms with Gasteiger partial charge in [0, 0.05) is 13.6 Å². The predicted molar refractivity (Wildman–Crippen MR) is 117 cm³/mol. The van der Waals surface area contributed by atoms with Crippen LogP contribution in [0.25, 0.3) is 5.57 Å². The lowest BCUT2D eigenvalue weighted by molar-refractivity contribution is -0.138. The molecule has 2 nitrogen and oxygen atoms in total. The van der Waals surface area contributed by atoms with Crippen molar-refractivity contribution < 1.29 is 9.53 Å². The average Bonchev–Trinajstić information content (AvgIpc) is 2.66. The van der Waals surface area contributed by atoms with Crippen LogP contribution in [-0.2, 0) is 9.53 Å². The monoisotopic (exact) mass is 378 g/mol. The standard InChI is InChI=1S/C24H30O2Si/c1-20(24(25)26-18-11-19-27(2,3)4)16-17-23(21-12-7-5-8-13-21)22-14-9-6-10-15-22/h5-10,12-17H,11,18-19H2,1-4H3/b20-16-. The highest BCUT2D eigenvalue weighted by Gasteiger charge is 2.13. The normalized spacial score (nSPS) is 11.8. The molecule has 0 bridgehead atoms. The van der Waals surface area contributed by atoms with Crippen LogP contribution in [0, 0.1) is 0 Å². The van der Waals surface area contributed by atoms with Gasteiger partial charge in [-0.25, -0.2) is 4.79 Å². The molecule has 0 spiro atoms. The molecule has 0 radical (unpaired) electrons. The number of esters is 1. The van der Waals surface area contributed by atoms with E-state index in [1.807, 2.05) is 55.5 Å². The fourth-order valence-corrected chi connectivity index (χ4v) is 3.96. The maximum Gasteiger partial charge on any atom is 0.333 e. The zero-order valence-corrected chi connectivity index (χ0v) is 17.9. The maximum atomic E-state index is 12.2. The first-order valence-electron chi connectivity index (χ1n) is 9.53. The van der Waals surface area contributed by atoms with Gasteiger partial charge in [0.1, 0.15) is 0 Å². The molecule has 0 N–H and O–H groups in total. The van der Waals surface area contributed by atoms with Crippen LogP contribution < -0.4 is 0 Å². The highest BCUT2D eigenvalue weighted by Crippen LogP contribution is 2.23. The van der Waals surface area contributed by atoms with E-state index in [4.69, 9.17) is 4.74 Å². The molecule has 0 amide bonds. The molecule has 0 unspecified atom stereocenters. The Kier molecular flexibility index (Phi) is 7.80. The van der Waals surface area contributed by atoms with Crippen molar-refractivity contribution >= 4 is 19.6 Å². The molecule has 142 valence electrons. The Hall–Kier alpha value is -2.39. The van der Waals surface area contributed by atoms with Gasteiger partial charge in [-0.15, -0.1) is 0 Å². The van der Waals surface area contributed by atoms with Crippen molar-refractivity contribution in [2.75, 3.05) is 6.61 Å². The second-order valence-electron chi connectivity index (χ2n) is 7.96. The van der Waals surface area contributed by atoms with Gasteiger partial charge in [0.05, 0.1) is 6.61 Å². The minimum Gasteiger partial charge on any atom is -0.462 e. The Balaban J connectivity index is 2.11. The maximum absolute atomic E-state index is 12.2. The van der Waals surface area contributed by atoms with Crippen molar-refractivity contribution in [1.29, 1.82) is 0 Å². The van der Waals surface area contributed by atoms with Crippen LogP contribution in [0.15, 0.2) is 78.4 Å². The Bertz CT molecular complexity index is 743. The molecule has 0 fully saturated rings. The second kappa shape index (κ2) is 10.1. The van der Waals surface area contributed by atoms with E-state index in [9.17, 15) is 4.79 Å². The molecular weight excluding hydrogens is 348 g/mol. The van der Waals surface area contributed by atoms with Crippen molar-refractivity contribution in [3.63, 3.8) is 0 Å². The van der Waals surface area contributed by atoms with Crippen molar-refractivity contribution in [1.82, 2.24) is 0 Å². The number of ether oxygens (including phenoxy) is 1. The van der Waals surface area contributed by atoms with Crippen LogP contribution >= 0.6 is 0 Å². The van der Waals surface area contributed by atoms with Crippen LogP contribution in [0.2, 0.25) is 25.7 Å².